The number of fused-ring (bicyclic) bond motifs is 3. The van der Waals surface area contributed by atoms with Gasteiger partial charge in [-0.2, -0.15) is 0 Å². The highest BCUT2D eigenvalue weighted by molar-refractivity contribution is 5.93. The highest BCUT2D eigenvalue weighted by atomic mass is 16.1. The average Bonchev–Trinajstić information content (AvgIpc) is 2.99. The predicted octanol–water partition coefficient (Wildman–Crippen LogP) is 8.01. The summed E-state index contributed by atoms with van der Waals surface area (Å²) >= 11 is 0. The number of para-hydroxylation sites is 2. The van der Waals surface area contributed by atoms with Crippen LogP contribution in [0, 0.1) is 6.92 Å². The van der Waals surface area contributed by atoms with Gasteiger partial charge in [0.2, 0.25) is 0 Å². The third-order valence-electron chi connectivity index (χ3n) is 8.12. The quantitative estimate of drug-likeness (QED) is 0.243. The van der Waals surface area contributed by atoms with Gasteiger partial charge in [-0.3, -0.25) is 4.79 Å². The van der Waals surface area contributed by atoms with Crippen molar-refractivity contribution in [2.24, 2.45) is 7.05 Å². The lowest BCUT2D eigenvalue weighted by Gasteiger charge is -2.46. The van der Waals surface area contributed by atoms with Gasteiger partial charge in [0.05, 0.1) is 22.3 Å². The summed E-state index contributed by atoms with van der Waals surface area (Å²) in [4.78, 5) is 15.6. The van der Waals surface area contributed by atoms with E-state index >= 15 is 0 Å². The molecule has 188 valence electrons. The van der Waals surface area contributed by atoms with Crippen molar-refractivity contribution in [1.82, 2.24) is 4.57 Å². The highest BCUT2D eigenvalue weighted by Gasteiger charge is 2.46. The van der Waals surface area contributed by atoms with Crippen LogP contribution in [0.3, 0.4) is 0 Å². The van der Waals surface area contributed by atoms with Crippen LogP contribution in [0.1, 0.15) is 27.8 Å². The first-order chi connectivity index (χ1) is 19.1. The lowest BCUT2D eigenvalue weighted by molar-refractivity contribution is 0.731. The monoisotopic (exact) mass is 504 g/mol. The van der Waals surface area contributed by atoms with E-state index in [1.165, 1.54) is 22.3 Å². The third-order valence-corrected chi connectivity index (χ3v) is 8.12. The summed E-state index contributed by atoms with van der Waals surface area (Å²) in [6.07, 6.45) is 1.91. The van der Waals surface area contributed by atoms with E-state index < -0.39 is 5.41 Å². The molecule has 0 amide bonds. The van der Waals surface area contributed by atoms with E-state index in [1.807, 2.05) is 24.7 Å². The molecule has 0 aliphatic carbocycles. The Bertz CT molecular complexity index is 1820. The molecule has 39 heavy (non-hydrogen) atoms. The van der Waals surface area contributed by atoms with Crippen molar-refractivity contribution in [1.29, 1.82) is 0 Å². The number of pyridine rings is 1. The molecule has 0 atom stereocenters. The molecule has 0 radical (unpaired) electrons. The first-order valence-corrected chi connectivity index (χ1v) is 13.3. The summed E-state index contributed by atoms with van der Waals surface area (Å²) in [5, 5.41) is 0.730. The Morgan fingerprint density at radius 1 is 0.615 bits per heavy atom. The summed E-state index contributed by atoms with van der Waals surface area (Å²) < 4.78 is 2.03. The zero-order valence-corrected chi connectivity index (χ0v) is 22.0. The van der Waals surface area contributed by atoms with Crippen molar-refractivity contribution in [2.75, 3.05) is 4.90 Å². The van der Waals surface area contributed by atoms with Crippen molar-refractivity contribution in [3.8, 4) is 0 Å². The lowest BCUT2D eigenvalue weighted by atomic mass is 9.62. The minimum atomic E-state index is -0.504. The lowest BCUT2D eigenvalue weighted by Crippen LogP contribution is -2.37. The van der Waals surface area contributed by atoms with Crippen LogP contribution in [0.4, 0.5) is 17.1 Å². The van der Waals surface area contributed by atoms with Crippen molar-refractivity contribution < 1.29 is 0 Å². The molecule has 5 aromatic carbocycles. The number of benzene rings is 5. The molecule has 0 bridgehead atoms. The maximum Gasteiger partial charge on any atom is 0.192 e. The molecular formula is C36H28N2O. The molecule has 0 spiro atoms. The topological polar surface area (TPSA) is 25.2 Å². The van der Waals surface area contributed by atoms with E-state index in [0.29, 0.717) is 0 Å². The summed E-state index contributed by atoms with van der Waals surface area (Å²) in [5.74, 6) is 0. The summed E-state index contributed by atoms with van der Waals surface area (Å²) in [7, 11) is 1.99. The zero-order chi connectivity index (χ0) is 26.6. The van der Waals surface area contributed by atoms with Gasteiger partial charge in [-0.25, -0.2) is 0 Å². The van der Waals surface area contributed by atoms with Crippen LogP contribution in [0.2, 0.25) is 0 Å². The van der Waals surface area contributed by atoms with Gasteiger partial charge in [-0.1, -0.05) is 97.1 Å². The second-order valence-electron chi connectivity index (χ2n) is 10.3. The van der Waals surface area contributed by atoms with E-state index in [2.05, 4.69) is 132 Å². The molecule has 1 aliphatic heterocycles. The Balaban J connectivity index is 1.59. The van der Waals surface area contributed by atoms with Gasteiger partial charge in [0.15, 0.2) is 5.43 Å². The Morgan fingerprint density at radius 2 is 1.13 bits per heavy atom. The van der Waals surface area contributed by atoms with Crippen molar-refractivity contribution >= 4 is 28.0 Å². The fraction of sp³-hybridized carbons (Fsp3) is 0.0833. The number of aryl methyl sites for hydroxylation is 2. The fourth-order valence-corrected chi connectivity index (χ4v) is 6.47. The summed E-state index contributed by atoms with van der Waals surface area (Å²) in [5.41, 5.74) is 9.28. The largest absolute Gasteiger partial charge is 0.350 e. The standard InChI is InChI=1S/C36H28N2O/c1-25-24-37(2)32-22-21-28(23-29(32)35(25)39)38-33-19-11-9-17-30(33)36(26-13-5-3-6-14-26,27-15-7-4-8-16-27)31-18-10-12-20-34(31)38/h3-24H,1-2H3. The molecule has 0 fully saturated rings. The third kappa shape index (κ3) is 3.33. The van der Waals surface area contributed by atoms with Gasteiger partial charge in [-0.05, 0) is 59.5 Å². The fourth-order valence-electron chi connectivity index (χ4n) is 6.47. The predicted molar refractivity (Wildman–Crippen MR) is 160 cm³/mol. The molecule has 1 aromatic heterocycles. The van der Waals surface area contributed by atoms with E-state index in [9.17, 15) is 4.79 Å². The molecule has 0 saturated heterocycles. The normalized spacial score (nSPS) is 13.6. The maximum absolute atomic E-state index is 13.2. The molecule has 0 N–H and O–H groups in total. The number of aromatic nitrogens is 1. The second kappa shape index (κ2) is 8.85. The van der Waals surface area contributed by atoms with E-state index in [0.717, 1.165) is 33.5 Å². The van der Waals surface area contributed by atoms with Gasteiger partial charge in [-0.15, -0.1) is 0 Å². The Labute approximate surface area is 228 Å². The molecule has 0 unspecified atom stereocenters. The molecule has 3 nitrogen and oxygen atoms in total. The zero-order valence-electron chi connectivity index (χ0n) is 22.0. The molecule has 1 aliphatic rings. The minimum absolute atomic E-state index is 0.0754. The van der Waals surface area contributed by atoms with Crippen molar-refractivity contribution in [2.45, 2.75) is 12.3 Å². The van der Waals surface area contributed by atoms with Gasteiger partial charge < -0.3 is 9.47 Å². The highest BCUT2D eigenvalue weighted by Crippen LogP contribution is 2.57. The number of hydrogen-bond acceptors (Lipinski definition) is 2. The van der Waals surface area contributed by atoms with Gasteiger partial charge in [0, 0.05) is 29.9 Å². The Hall–Kier alpha value is -4.89. The molecule has 2 heterocycles. The first-order valence-electron chi connectivity index (χ1n) is 13.3. The summed E-state index contributed by atoms with van der Waals surface area (Å²) in [6.45, 7) is 1.88. The molecular weight excluding hydrogens is 476 g/mol. The smallest absolute Gasteiger partial charge is 0.192 e. The van der Waals surface area contributed by atoms with E-state index in [4.69, 9.17) is 0 Å². The molecule has 0 saturated carbocycles. The van der Waals surface area contributed by atoms with E-state index in [-0.39, 0.29) is 5.43 Å². The number of anilines is 3. The van der Waals surface area contributed by atoms with Crippen LogP contribution in [0.5, 0.6) is 0 Å². The molecule has 7 rings (SSSR count). The SMILES string of the molecule is Cc1cn(C)c2ccc(N3c4ccccc4C(c4ccccc4)(c4ccccc4)c4ccccc43)cc2c1=O. The second-order valence-corrected chi connectivity index (χ2v) is 10.3. The molecule has 6 aromatic rings. The van der Waals surface area contributed by atoms with Crippen LogP contribution < -0.4 is 10.3 Å². The number of nitrogens with zero attached hydrogens (tertiary/aromatic N) is 2. The van der Waals surface area contributed by atoms with Crippen LogP contribution in [0.15, 0.2) is 138 Å². The van der Waals surface area contributed by atoms with Gasteiger partial charge >= 0.3 is 0 Å². The first kappa shape index (κ1) is 23.2. The van der Waals surface area contributed by atoms with Gasteiger partial charge in [0.1, 0.15) is 0 Å². The van der Waals surface area contributed by atoms with Crippen LogP contribution in [-0.4, -0.2) is 4.57 Å². The number of hydrogen-bond donors (Lipinski definition) is 0. The Kier molecular flexibility index (Phi) is 5.27. The molecule has 3 heteroatoms. The maximum atomic E-state index is 13.2. The minimum Gasteiger partial charge on any atom is -0.350 e. The van der Waals surface area contributed by atoms with E-state index in [1.54, 1.807) is 0 Å². The van der Waals surface area contributed by atoms with Crippen LogP contribution in [-0.2, 0) is 12.5 Å². The Morgan fingerprint density at radius 3 is 1.69 bits per heavy atom. The van der Waals surface area contributed by atoms with Crippen LogP contribution >= 0.6 is 0 Å². The average molecular weight is 505 g/mol. The number of rotatable bonds is 3. The van der Waals surface area contributed by atoms with Gasteiger partial charge in [0.25, 0.3) is 0 Å². The van der Waals surface area contributed by atoms with Crippen molar-refractivity contribution in [3.05, 3.63) is 172 Å². The van der Waals surface area contributed by atoms with Crippen LogP contribution in [0.25, 0.3) is 10.9 Å². The summed E-state index contributed by atoms with van der Waals surface area (Å²) in [6, 6.07) is 45.2. The van der Waals surface area contributed by atoms with Crippen molar-refractivity contribution in [3.63, 3.8) is 0 Å².